The van der Waals surface area contributed by atoms with Gasteiger partial charge in [0.2, 0.25) is 0 Å². The summed E-state index contributed by atoms with van der Waals surface area (Å²) in [5, 5.41) is 18.9. The summed E-state index contributed by atoms with van der Waals surface area (Å²) >= 11 is 0. The van der Waals surface area contributed by atoms with Crippen molar-refractivity contribution in [2.24, 2.45) is 5.73 Å². The SMILES string of the molecule is COc1cc(C(C)(C)C)cc(C(N)CC(=O)O)c1O. The summed E-state index contributed by atoms with van der Waals surface area (Å²) in [7, 11) is 1.45. The van der Waals surface area contributed by atoms with E-state index in [2.05, 4.69) is 0 Å². The maximum absolute atomic E-state index is 10.7. The molecule has 1 aromatic carbocycles. The number of phenols is 1. The van der Waals surface area contributed by atoms with Crippen LogP contribution in [-0.4, -0.2) is 23.3 Å². The van der Waals surface area contributed by atoms with Gasteiger partial charge in [-0.05, 0) is 23.1 Å². The monoisotopic (exact) mass is 267 g/mol. The zero-order valence-corrected chi connectivity index (χ0v) is 11.7. The molecule has 0 heterocycles. The van der Waals surface area contributed by atoms with E-state index in [1.807, 2.05) is 20.8 Å². The van der Waals surface area contributed by atoms with Gasteiger partial charge in [0, 0.05) is 11.6 Å². The van der Waals surface area contributed by atoms with E-state index in [4.69, 9.17) is 15.6 Å². The highest BCUT2D eigenvalue weighted by atomic mass is 16.5. The molecule has 0 amide bonds. The van der Waals surface area contributed by atoms with Gasteiger partial charge in [-0.2, -0.15) is 0 Å². The van der Waals surface area contributed by atoms with Gasteiger partial charge in [-0.15, -0.1) is 0 Å². The Hall–Kier alpha value is -1.75. The number of aromatic hydroxyl groups is 1. The lowest BCUT2D eigenvalue weighted by molar-refractivity contribution is -0.137. The average molecular weight is 267 g/mol. The van der Waals surface area contributed by atoms with E-state index in [1.165, 1.54) is 7.11 Å². The van der Waals surface area contributed by atoms with Crippen LogP contribution in [0.4, 0.5) is 0 Å². The van der Waals surface area contributed by atoms with Crippen LogP contribution in [0.3, 0.4) is 0 Å². The van der Waals surface area contributed by atoms with Crippen LogP contribution in [0, 0.1) is 0 Å². The summed E-state index contributed by atoms with van der Waals surface area (Å²) in [5.41, 5.74) is 7.01. The lowest BCUT2D eigenvalue weighted by atomic mass is 9.84. The summed E-state index contributed by atoms with van der Waals surface area (Å²) in [6.07, 6.45) is -0.246. The summed E-state index contributed by atoms with van der Waals surface area (Å²) in [4.78, 5) is 10.7. The first-order valence-electron chi connectivity index (χ1n) is 6.05. The first-order valence-corrected chi connectivity index (χ1v) is 6.05. The molecule has 0 aliphatic heterocycles. The molecule has 0 aromatic heterocycles. The third kappa shape index (κ3) is 3.61. The Balaban J connectivity index is 3.33. The van der Waals surface area contributed by atoms with Crippen LogP contribution >= 0.6 is 0 Å². The molecule has 0 fully saturated rings. The molecule has 5 heteroatoms. The van der Waals surface area contributed by atoms with Crippen LogP contribution in [0.15, 0.2) is 12.1 Å². The number of carboxylic acid groups (broad SMARTS) is 1. The Morgan fingerprint density at radius 1 is 1.42 bits per heavy atom. The Labute approximate surface area is 113 Å². The topological polar surface area (TPSA) is 92.8 Å². The van der Waals surface area contributed by atoms with Crippen LogP contribution in [-0.2, 0) is 10.2 Å². The fourth-order valence-electron chi connectivity index (χ4n) is 1.80. The molecule has 0 saturated heterocycles. The molecule has 0 saturated carbocycles. The van der Waals surface area contributed by atoms with Crippen molar-refractivity contribution < 1.29 is 19.7 Å². The van der Waals surface area contributed by atoms with Gasteiger partial charge in [0.1, 0.15) is 0 Å². The number of rotatable bonds is 4. The zero-order valence-electron chi connectivity index (χ0n) is 11.7. The second kappa shape index (κ2) is 5.48. The quantitative estimate of drug-likeness (QED) is 0.777. The maximum Gasteiger partial charge on any atom is 0.305 e. The van der Waals surface area contributed by atoms with E-state index in [0.717, 1.165) is 5.56 Å². The Kier molecular flexibility index (Phi) is 4.42. The normalized spacial score (nSPS) is 13.1. The van der Waals surface area contributed by atoms with Gasteiger partial charge in [-0.3, -0.25) is 4.79 Å². The fraction of sp³-hybridized carbons (Fsp3) is 0.500. The number of carbonyl (C=O) groups is 1. The van der Waals surface area contributed by atoms with E-state index in [-0.39, 0.29) is 17.6 Å². The van der Waals surface area contributed by atoms with Crippen LogP contribution in [0.2, 0.25) is 0 Å². The van der Waals surface area contributed by atoms with Crippen molar-refractivity contribution in [3.05, 3.63) is 23.3 Å². The second-order valence-electron chi connectivity index (χ2n) is 5.57. The zero-order chi connectivity index (χ0) is 14.8. The Bertz CT molecular complexity index is 477. The highest BCUT2D eigenvalue weighted by molar-refractivity contribution is 5.68. The van der Waals surface area contributed by atoms with E-state index >= 15 is 0 Å². The van der Waals surface area contributed by atoms with Gasteiger partial charge >= 0.3 is 5.97 Å². The van der Waals surface area contributed by atoms with Crippen molar-refractivity contribution in [1.82, 2.24) is 0 Å². The van der Waals surface area contributed by atoms with Crippen molar-refractivity contribution in [2.75, 3.05) is 7.11 Å². The van der Waals surface area contributed by atoms with E-state index < -0.39 is 12.0 Å². The minimum absolute atomic E-state index is 0.0933. The first kappa shape index (κ1) is 15.3. The number of carboxylic acids is 1. The van der Waals surface area contributed by atoms with E-state index in [0.29, 0.717) is 11.3 Å². The van der Waals surface area contributed by atoms with Gasteiger partial charge < -0.3 is 20.7 Å². The maximum atomic E-state index is 10.7. The second-order valence-corrected chi connectivity index (χ2v) is 5.57. The highest BCUT2D eigenvalue weighted by Crippen LogP contribution is 2.38. The molecular weight excluding hydrogens is 246 g/mol. The van der Waals surface area contributed by atoms with Crippen molar-refractivity contribution in [2.45, 2.75) is 38.6 Å². The summed E-state index contributed by atoms with van der Waals surface area (Å²) < 4.78 is 5.12. The number of nitrogens with two attached hydrogens (primary N) is 1. The average Bonchev–Trinajstić information content (AvgIpc) is 2.26. The Morgan fingerprint density at radius 2 is 2.00 bits per heavy atom. The lowest BCUT2D eigenvalue weighted by Gasteiger charge is -2.23. The highest BCUT2D eigenvalue weighted by Gasteiger charge is 2.23. The standard InChI is InChI=1S/C14H21NO4/c1-14(2,3)8-5-9(10(15)7-12(16)17)13(18)11(6-8)19-4/h5-6,10,18H,7,15H2,1-4H3,(H,16,17). The number of phenolic OH excluding ortho intramolecular Hbond substituents is 1. The first-order chi connectivity index (χ1) is 8.66. The predicted octanol–water partition coefficient (Wildman–Crippen LogP) is 2.17. The lowest BCUT2D eigenvalue weighted by Crippen LogP contribution is -2.18. The van der Waals surface area contributed by atoms with Crippen molar-refractivity contribution in [1.29, 1.82) is 0 Å². The number of aliphatic carboxylic acids is 1. The molecule has 1 atom stereocenters. The van der Waals surface area contributed by atoms with E-state index in [9.17, 15) is 9.90 Å². The minimum atomic E-state index is -1.01. The van der Waals surface area contributed by atoms with Gasteiger partial charge in [-0.1, -0.05) is 20.8 Å². The molecule has 0 aliphatic carbocycles. The Morgan fingerprint density at radius 3 is 2.42 bits per heavy atom. The van der Waals surface area contributed by atoms with E-state index in [1.54, 1.807) is 12.1 Å². The molecular formula is C14H21NO4. The molecule has 106 valence electrons. The molecule has 5 nitrogen and oxygen atoms in total. The molecule has 4 N–H and O–H groups in total. The van der Waals surface area contributed by atoms with Crippen LogP contribution in [0.5, 0.6) is 11.5 Å². The van der Waals surface area contributed by atoms with Crippen LogP contribution < -0.4 is 10.5 Å². The third-order valence-corrected chi connectivity index (χ3v) is 2.98. The summed E-state index contributed by atoms with van der Waals surface area (Å²) in [5.74, 6) is -0.792. The van der Waals surface area contributed by atoms with Crippen LogP contribution in [0.25, 0.3) is 0 Å². The molecule has 0 bridgehead atoms. The predicted molar refractivity (Wildman–Crippen MR) is 72.5 cm³/mol. The van der Waals surface area contributed by atoms with Crippen molar-refractivity contribution >= 4 is 5.97 Å². The third-order valence-electron chi connectivity index (χ3n) is 2.98. The number of hydrogen-bond donors (Lipinski definition) is 3. The molecule has 19 heavy (non-hydrogen) atoms. The molecule has 0 radical (unpaired) electrons. The smallest absolute Gasteiger partial charge is 0.305 e. The summed E-state index contributed by atoms with van der Waals surface area (Å²) in [6, 6.07) is 2.71. The van der Waals surface area contributed by atoms with Gasteiger partial charge in [-0.25, -0.2) is 0 Å². The van der Waals surface area contributed by atoms with Gasteiger partial charge in [0.15, 0.2) is 11.5 Å². The number of methoxy groups -OCH3 is 1. The number of hydrogen-bond acceptors (Lipinski definition) is 4. The van der Waals surface area contributed by atoms with Crippen LogP contribution in [0.1, 0.15) is 44.4 Å². The van der Waals surface area contributed by atoms with Crippen molar-refractivity contribution in [3.8, 4) is 11.5 Å². The molecule has 1 unspecified atom stereocenters. The van der Waals surface area contributed by atoms with Crippen molar-refractivity contribution in [3.63, 3.8) is 0 Å². The largest absolute Gasteiger partial charge is 0.504 e. The fourth-order valence-corrected chi connectivity index (χ4v) is 1.80. The molecule has 0 spiro atoms. The number of ether oxygens (including phenoxy) is 1. The van der Waals surface area contributed by atoms with Gasteiger partial charge in [0.05, 0.1) is 13.5 Å². The molecule has 1 rings (SSSR count). The number of benzene rings is 1. The molecule has 1 aromatic rings. The van der Waals surface area contributed by atoms with Gasteiger partial charge in [0.25, 0.3) is 0 Å². The minimum Gasteiger partial charge on any atom is -0.504 e. The molecule has 0 aliphatic rings. The summed E-state index contributed by atoms with van der Waals surface area (Å²) in [6.45, 7) is 6.06.